The van der Waals surface area contributed by atoms with E-state index in [9.17, 15) is 9.59 Å². The summed E-state index contributed by atoms with van der Waals surface area (Å²) in [5, 5.41) is 9.50. The number of anilines is 1. The van der Waals surface area contributed by atoms with Crippen LogP contribution >= 0.6 is 11.8 Å². The molecule has 0 unspecified atom stereocenters. The number of thioether (sulfide) groups is 1. The van der Waals surface area contributed by atoms with Gasteiger partial charge in [-0.25, -0.2) is 5.01 Å². The van der Waals surface area contributed by atoms with Gasteiger partial charge in [0.15, 0.2) is 5.17 Å². The van der Waals surface area contributed by atoms with Gasteiger partial charge in [0.05, 0.1) is 18.4 Å². The fourth-order valence-electron chi connectivity index (χ4n) is 4.21. The van der Waals surface area contributed by atoms with Crippen molar-refractivity contribution in [1.29, 1.82) is 0 Å². The van der Waals surface area contributed by atoms with Gasteiger partial charge in [-0.2, -0.15) is 10.1 Å². The highest BCUT2D eigenvalue weighted by molar-refractivity contribution is 8.15. The van der Waals surface area contributed by atoms with Crippen molar-refractivity contribution < 1.29 is 14.3 Å². The molecule has 0 saturated heterocycles. The number of amidine groups is 1. The molecule has 5 rings (SSSR count). The second-order valence-corrected chi connectivity index (χ2v) is 9.61. The minimum atomic E-state index is -0.588. The van der Waals surface area contributed by atoms with Crippen LogP contribution < -0.4 is 10.1 Å². The molecule has 7 nitrogen and oxygen atoms in total. The maximum absolute atomic E-state index is 12.8. The van der Waals surface area contributed by atoms with Crippen LogP contribution in [0.5, 0.6) is 5.75 Å². The molecule has 3 aromatic rings. The Balaban J connectivity index is 1.29. The molecule has 182 valence electrons. The molecule has 0 saturated carbocycles. The number of aliphatic imine (C=N–C) groups is 1. The molecule has 0 aliphatic carbocycles. The Morgan fingerprint density at radius 3 is 2.42 bits per heavy atom. The van der Waals surface area contributed by atoms with Gasteiger partial charge in [-0.3, -0.25) is 9.59 Å². The Morgan fingerprint density at radius 2 is 1.72 bits per heavy atom. The molecule has 2 aliphatic heterocycles. The molecule has 2 heterocycles. The zero-order valence-electron chi connectivity index (χ0n) is 19.8. The van der Waals surface area contributed by atoms with Crippen LogP contribution in [0.4, 0.5) is 5.69 Å². The number of hydrogen-bond donors (Lipinski definition) is 1. The van der Waals surface area contributed by atoms with Gasteiger partial charge in [-0.15, -0.1) is 0 Å². The third-order valence-electron chi connectivity index (χ3n) is 5.95. The summed E-state index contributed by atoms with van der Waals surface area (Å²) in [6.07, 6.45) is 0.730. The summed E-state index contributed by atoms with van der Waals surface area (Å²) >= 11 is 1.30. The third kappa shape index (κ3) is 5.33. The lowest BCUT2D eigenvalue weighted by molar-refractivity contribution is -0.121. The first-order valence-electron chi connectivity index (χ1n) is 11.9. The second-order valence-electron chi connectivity index (χ2n) is 8.44. The zero-order chi connectivity index (χ0) is 24.9. The van der Waals surface area contributed by atoms with Crippen molar-refractivity contribution in [2.45, 2.75) is 31.1 Å². The largest absolute Gasteiger partial charge is 0.494 e. The molecule has 0 radical (unpaired) electrons. The summed E-state index contributed by atoms with van der Waals surface area (Å²) in [4.78, 5) is 29.7. The first-order valence-corrected chi connectivity index (χ1v) is 12.8. The number of rotatable bonds is 7. The molecular formula is C28H26N4O3S. The van der Waals surface area contributed by atoms with Crippen LogP contribution in [0.3, 0.4) is 0 Å². The van der Waals surface area contributed by atoms with Gasteiger partial charge in [0.2, 0.25) is 5.91 Å². The van der Waals surface area contributed by atoms with Gasteiger partial charge in [0, 0.05) is 18.5 Å². The predicted octanol–water partition coefficient (Wildman–Crippen LogP) is 5.26. The Bertz CT molecular complexity index is 1290. The lowest BCUT2D eigenvalue weighted by Crippen LogP contribution is -2.25. The van der Waals surface area contributed by atoms with Gasteiger partial charge >= 0.3 is 0 Å². The average molecular weight is 499 g/mol. The number of carbonyl (C=O) groups is 2. The van der Waals surface area contributed by atoms with Crippen LogP contribution in [0.1, 0.15) is 36.9 Å². The first-order chi connectivity index (χ1) is 17.6. The van der Waals surface area contributed by atoms with Crippen molar-refractivity contribution in [3.05, 3.63) is 96.1 Å². The Hall–Kier alpha value is -3.91. The van der Waals surface area contributed by atoms with Crippen LogP contribution in [-0.4, -0.2) is 39.6 Å². The Labute approximate surface area is 214 Å². The number of hydrogen-bond acceptors (Lipinski definition) is 6. The summed E-state index contributed by atoms with van der Waals surface area (Å²) < 4.78 is 5.43. The molecular weight excluding hydrogens is 472 g/mol. The van der Waals surface area contributed by atoms with Crippen LogP contribution in [0.25, 0.3) is 0 Å². The van der Waals surface area contributed by atoms with Crippen LogP contribution in [0.15, 0.2) is 95.0 Å². The number of ether oxygens (including phenoxy) is 1. The van der Waals surface area contributed by atoms with E-state index in [1.54, 1.807) is 24.3 Å². The smallest absolute Gasteiger partial charge is 0.262 e. The molecule has 2 atom stereocenters. The molecule has 0 fully saturated rings. The summed E-state index contributed by atoms with van der Waals surface area (Å²) in [6, 6.07) is 27.2. The van der Waals surface area contributed by atoms with Gasteiger partial charge in [0.25, 0.3) is 5.91 Å². The topological polar surface area (TPSA) is 83.4 Å². The van der Waals surface area contributed by atoms with Gasteiger partial charge in [-0.05, 0) is 42.3 Å². The van der Waals surface area contributed by atoms with Crippen molar-refractivity contribution in [1.82, 2.24) is 5.01 Å². The maximum Gasteiger partial charge on any atom is 0.262 e. The molecule has 0 spiro atoms. The maximum atomic E-state index is 12.8. The molecule has 8 heteroatoms. The second kappa shape index (κ2) is 10.8. The number of nitrogens with one attached hydrogen (secondary N) is 1. The van der Waals surface area contributed by atoms with E-state index >= 15 is 0 Å². The minimum Gasteiger partial charge on any atom is -0.494 e. The average Bonchev–Trinajstić information content (AvgIpc) is 3.50. The molecule has 2 aliphatic rings. The van der Waals surface area contributed by atoms with Crippen molar-refractivity contribution in [3.8, 4) is 5.75 Å². The SMILES string of the molecule is CCOc1ccc(NC(=O)C[C@H]2SC(N3N=C(c4ccccc4)C[C@@H]3c3ccccc3)=NC2=O)cc1. The molecule has 1 N–H and O–H groups in total. The highest BCUT2D eigenvalue weighted by Crippen LogP contribution is 2.38. The molecule has 36 heavy (non-hydrogen) atoms. The van der Waals surface area contributed by atoms with E-state index in [1.807, 2.05) is 60.5 Å². The summed E-state index contributed by atoms with van der Waals surface area (Å²) in [7, 11) is 0. The van der Waals surface area contributed by atoms with E-state index in [0.29, 0.717) is 23.9 Å². The third-order valence-corrected chi connectivity index (χ3v) is 7.09. The molecule has 0 aromatic heterocycles. The van der Waals surface area contributed by atoms with Crippen molar-refractivity contribution in [3.63, 3.8) is 0 Å². The number of hydrazone groups is 1. The van der Waals surface area contributed by atoms with Crippen LogP contribution in [0, 0.1) is 0 Å². The van der Waals surface area contributed by atoms with Gasteiger partial charge in [0.1, 0.15) is 11.0 Å². The first kappa shape index (κ1) is 23.8. The zero-order valence-corrected chi connectivity index (χ0v) is 20.7. The highest BCUT2D eigenvalue weighted by atomic mass is 32.2. The number of benzene rings is 3. The Morgan fingerprint density at radius 1 is 1.03 bits per heavy atom. The molecule has 0 bridgehead atoms. The fourth-order valence-corrected chi connectivity index (χ4v) is 5.27. The molecule has 2 amide bonds. The van der Waals surface area contributed by atoms with E-state index in [0.717, 1.165) is 22.6 Å². The fraction of sp³-hybridized carbons (Fsp3) is 0.214. The quantitative estimate of drug-likeness (QED) is 0.480. The number of nitrogens with zero attached hydrogens (tertiary/aromatic N) is 3. The summed E-state index contributed by atoms with van der Waals surface area (Å²) in [5.74, 6) is 0.187. The van der Waals surface area contributed by atoms with Crippen LogP contribution in [0.2, 0.25) is 0 Å². The van der Waals surface area contributed by atoms with Crippen LogP contribution in [-0.2, 0) is 9.59 Å². The lowest BCUT2D eigenvalue weighted by Gasteiger charge is -2.23. The van der Waals surface area contributed by atoms with E-state index in [2.05, 4.69) is 22.4 Å². The predicted molar refractivity (Wildman–Crippen MR) is 143 cm³/mol. The summed E-state index contributed by atoms with van der Waals surface area (Å²) in [6.45, 7) is 2.49. The highest BCUT2D eigenvalue weighted by Gasteiger charge is 2.39. The van der Waals surface area contributed by atoms with E-state index in [-0.39, 0.29) is 24.3 Å². The number of amides is 2. The van der Waals surface area contributed by atoms with E-state index < -0.39 is 5.25 Å². The van der Waals surface area contributed by atoms with E-state index in [1.165, 1.54) is 11.8 Å². The number of carbonyl (C=O) groups excluding carboxylic acids is 2. The van der Waals surface area contributed by atoms with Crippen molar-refractivity contribution in [2.75, 3.05) is 11.9 Å². The van der Waals surface area contributed by atoms with Crippen molar-refractivity contribution >= 4 is 40.1 Å². The monoisotopic (exact) mass is 498 g/mol. The lowest BCUT2D eigenvalue weighted by atomic mass is 9.99. The molecule has 3 aromatic carbocycles. The van der Waals surface area contributed by atoms with E-state index in [4.69, 9.17) is 9.84 Å². The minimum absolute atomic E-state index is 0.0306. The Kier molecular flexibility index (Phi) is 7.13. The summed E-state index contributed by atoms with van der Waals surface area (Å²) in [5.41, 5.74) is 3.74. The standard InChI is InChI=1S/C28H26N4O3S/c1-2-35-22-15-13-21(14-16-22)29-26(33)18-25-27(34)30-28(36-25)32-24(20-11-7-4-8-12-20)17-23(31-32)19-9-5-3-6-10-19/h3-16,24-25H,2,17-18H2,1H3,(H,29,33)/t24-,25-/m1/s1. The van der Waals surface area contributed by atoms with Crippen molar-refractivity contribution in [2.24, 2.45) is 10.1 Å². The van der Waals surface area contributed by atoms with Gasteiger partial charge in [-0.1, -0.05) is 72.4 Å². The normalized spacial score (nSPS) is 19.1. The van der Waals surface area contributed by atoms with Gasteiger partial charge < -0.3 is 10.1 Å².